The molecule has 0 saturated carbocycles. The van der Waals surface area contributed by atoms with E-state index in [0.29, 0.717) is 0 Å². The number of fused-ring (bicyclic) bond motifs is 4. The summed E-state index contributed by atoms with van der Waals surface area (Å²) in [6, 6.07) is 6.96. The lowest BCUT2D eigenvalue weighted by atomic mass is 9.63. The van der Waals surface area contributed by atoms with Crippen LogP contribution in [0.1, 0.15) is 76.1 Å². The molecule has 4 unspecified atom stereocenters. The predicted octanol–water partition coefficient (Wildman–Crippen LogP) is 5.18. The summed E-state index contributed by atoms with van der Waals surface area (Å²) in [7, 11) is 0. The molecule has 4 atom stereocenters. The largest absolute Gasteiger partial charge is 0.504 e. The van der Waals surface area contributed by atoms with Crippen LogP contribution in [0.3, 0.4) is 0 Å². The molecule has 150 valence electrons. The summed E-state index contributed by atoms with van der Waals surface area (Å²) in [5.41, 5.74) is 3.08. The average Bonchev–Trinajstić information content (AvgIpc) is 3.03. The molecule has 0 radical (unpaired) electrons. The number of hydrogen-bond donors (Lipinski definition) is 4. The minimum absolute atomic E-state index is 0.0276. The van der Waals surface area contributed by atoms with Gasteiger partial charge in [0.05, 0.1) is 0 Å². The second-order valence-electron chi connectivity index (χ2n) is 9.30. The normalized spacial score (nSPS) is 33.2. The molecule has 4 nitrogen and oxygen atoms in total. The van der Waals surface area contributed by atoms with E-state index in [1.165, 1.54) is 0 Å². The molecule has 0 saturated heterocycles. The van der Waals surface area contributed by atoms with Crippen molar-refractivity contribution in [2.45, 2.75) is 70.1 Å². The van der Waals surface area contributed by atoms with E-state index in [2.05, 4.69) is 34.6 Å². The van der Waals surface area contributed by atoms with E-state index in [4.69, 9.17) is 0 Å². The summed E-state index contributed by atoms with van der Waals surface area (Å²) in [5.74, 6) is -0.176. The van der Waals surface area contributed by atoms with Crippen LogP contribution in [-0.4, -0.2) is 20.4 Å². The van der Waals surface area contributed by atoms with Gasteiger partial charge in [0.1, 0.15) is 0 Å². The minimum Gasteiger partial charge on any atom is -0.504 e. The molecule has 0 heterocycles. The third kappa shape index (κ3) is 1.96. The van der Waals surface area contributed by atoms with Crippen molar-refractivity contribution in [1.82, 2.24) is 0 Å². The van der Waals surface area contributed by atoms with Crippen LogP contribution in [0.2, 0.25) is 0 Å². The van der Waals surface area contributed by atoms with Crippen molar-refractivity contribution < 1.29 is 20.4 Å². The number of aromatic hydroxyl groups is 4. The SMILES string of the molecule is CCC1(C)CC2(c3cc(O)c(O)cc31)c1ccc(O)c(O)c1C(C)(CC)C2C. The Kier molecular flexibility index (Phi) is 3.79. The molecular formula is C24H30O4. The molecule has 4 heteroatoms. The van der Waals surface area contributed by atoms with E-state index in [-0.39, 0.29) is 39.7 Å². The van der Waals surface area contributed by atoms with Crippen molar-refractivity contribution in [1.29, 1.82) is 0 Å². The van der Waals surface area contributed by atoms with Crippen molar-refractivity contribution in [3.63, 3.8) is 0 Å². The van der Waals surface area contributed by atoms with Crippen LogP contribution >= 0.6 is 0 Å². The summed E-state index contributed by atoms with van der Waals surface area (Å²) in [6.07, 6.45) is 2.56. The highest BCUT2D eigenvalue weighted by atomic mass is 16.3. The van der Waals surface area contributed by atoms with Gasteiger partial charge in [0.2, 0.25) is 0 Å². The Morgan fingerprint density at radius 1 is 0.857 bits per heavy atom. The van der Waals surface area contributed by atoms with Crippen molar-refractivity contribution >= 4 is 0 Å². The Bertz CT molecular complexity index is 977. The second kappa shape index (κ2) is 5.59. The standard InChI is InChI=1S/C24H30O4/c1-6-22(4)12-24(16-11-19(27)18(26)10-15(16)22)13(3)23(5,7-2)20-14(24)8-9-17(25)21(20)28/h8-11,13,25-28H,6-7,12H2,1-5H3. The molecular weight excluding hydrogens is 352 g/mol. The maximum absolute atomic E-state index is 10.8. The van der Waals surface area contributed by atoms with Gasteiger partial charge in [-0.25, -0.2) is 0 Å². The predicted molar refractivity (Wildman–Crippen MR) is 109 cm³/mol. The molecule has 0 amide bonds. The summed E-state index contributed by atoms with van der Waals surface area (Å²) in [4.78, 5) is 0. The van der Waals surface area contributed by atoms with E-state index in [1.807, 2.05) is 6.07 Å². The van der Waals surface area contributed by atoms with Gasteiger partial charge in [-0.15, -0.1) is 0 Å². The first kappa shape index (κ1) is 19.0. The zero-order valence-electron chi connectivity index (χ0n) is 17.3. The third-order valence-electron chi connectivity index (χ3n) is 8.33. The van der Waals surface area contributed by atoms with Gasteiger partial charge in [-0.2, -0.15) is 0 Å². The Balaban J connectivity index is 2.13. The molecule has 1 spiro atoms. The number of phenols is 4. The summed E-state index contributed by atoms with van der Waals surface area (Å²) in [5, 5.41) is 41.6. The van der Waals surface area contributed by atoms with Gasteiger partial charge in [-0.05, 0) is 65.5 Å². The van der Waals surface area contributed by atoms with Crippen LogP contribution in [0.25, 0.3) is 0 Å². The van der Waals surface area contributed by atoms with E-state index < -0.39 is 5.41 Å². The van der Waals surface area contributed by atoms with Crippen LogP contribution in [0.5, 0.6) is 23.0 Å². The summed E-state index contributed by atoms with van der Waals surface area (Å²) >= 11 is 0. The molecule has 2 aromatic rings. The van der Waals surface area contributed by atoms with Crippen LogP contribution in [0.15, 0.2) is 24.3 Å². The number of rotatable bonds is 2. The zero-order valence-corrected chi connectivity index (χ0v) is 17.3. The first-order valence-corrected chi connectivity index (χ1v) is 10.2. The Morgan fingerprint density at radius 2 is 1.46 bits per heavy atom. The molecule has 2 aliphatic rings. The van der Waals surface area contributed by atoms with Gasteiger partial charge in [-0.3, -0.25) is 0 Å². The number of hydrogen-bond acceptors (Lipinski definition) is 4. The Hall–Kier alpha value is -2.36. The van der Waals surface area contributed by atoms with Gasteiger partial charge in [0, 0.05) is 16.4 Å². The molecule has 2 aromatic carbocycles. The maximum Gasteiger partial charge on any atom is 0.161 e. The van der Waals surface area contributed by atoms with E-state index in [9.17, 15) is 20.4 Å². The van der Waals surface area contributed by atoms with Gasteiger partial charge in [0.15, 0.2) is 23.0 Å². The molecule has 4 rings (SSSR count). The Labute approximate surface area is 166 Å². The van der Waals surface area contributed by atoms with Crippen LogP contribution in [0.4, 0.5) is 0 Å². The first-order valence-electron chi connectivity index (χ1n) is 10.2. The maximum atomic E-state index is 10.8. The molecule has 0 aliphatic heterocycles. The van der Waals surface area contributed by atoms with Gasteiger partial charge < -0.3 is 20.4 Å². The number of phenolic OH excluding ortho intramolecular Hbond substituents is 4. The zero-order chi connectivity index (χ0) is 20.6. The molecule has 28 heavy (non-hydrogen) atoms. The van der Waals surface area contributed by atoms with Crippen LogP contribution in [-0.2, 0) is 16.2 Å². The van der Waals surface area contributed by atoms with Crippen molar-refractivity contribution in [2.24, 2.45) is 5.92 Å². The smallest absolute Gasteiger partial charge is 0.161 e. The highest BCUT2D eigenvalue weighted by molar-refractivity contribution is 5.67. The summed E-state index contributed by atoms with van der Waals surface area (Å²) in [6.45, 7) is 10.9. The lowest BCUT2D eigenvalue weighted by Gasteiger charge is -2.39. The first-order chi connectivity index (χ1) is 13.1. The lowest BCUT2D eigenvalue weighted by Crippen LogP contribution is -2.38. The fraction of sp³-hybridized carbons (Fsp3) is 0.500. The fourth-order valence-corrected chi connectivity index (χ4v) is 6.20. The van der Waals surface area contributed by atoms with E-state index >= 15 is 0 Å². The lowest BCUT2D eigenvalue weighted by molar-refractivity contribution is 0.214. The average molecular weight is 383 g/mol. The topological polar surface area (TPSA) is 80.9 Å². The van der Waals surface area contributed by atoms with Crippen molar-refractivity contribution in [3.05, 3.63) is 46.5 Å². The highest BCUT2D eigenvalue weighted by Crippen LogP contribution is 2.69. The molecule has 0 fully saturated rings. The molecule has 0 aromatic heterocycles. The molecule has 2 aliphatic carbocycles. The number of benzene rings is 2. The van der Waals surface area contributed by atoms with Gasteiger partial charge in [-0.1, -0.05) is 40.7 Å². The minimum atomic E-state index is -0.392. The van der Waals surface area contributed by atoms with Gasteiger partial charge >= 0.3 is 0 Å². The van der Waals surface area contributed by atoms with Crippen molar-refractivity contribution in [3.8, 4) is 23.0 Å². The quantitative estimate of drug-likeness (QED) is 0.539. The van der Waals surface area contributed by atoms with Crippen LogP contribution < -0.4 is 0 Å². The second-order valence-corrected chi connectivity index (χ2v) is 9.30. The molecule has 4 N–H and O–H groups in total. The third-order valence-corrected chi connectivity index (χ3v) is 8.33. The Morgan fingerprint density at radius 3 is 2.04 bits per heavy atom. The summed E-state index contributed by atoms with van der Waals surface area (Å²) < 4.78 is 0. The molecule has 0 bridgehead atoms. The van der Waals surface area contributed by atoms with Gasteiger partial charge in [0.25, 0.3) is 0 Å². The monoisotopic (exact) mass is 382 g/mol. The van der Waals surface area contributed by atoms with E-state index in [1.54, 1.807) is 18.2 Å². The fourth-order valence-electron chi connectivity index (χ4n) is 6.20. The van der Waals surface area contributed by atoms with Crippen molar-refractivity contribution in [2.75, 3.05) is 0 Å². The van der Waals surface area contributed by atoms with E-state index in [0.717, 1.165) is 41.5 Å². The highest BCUT2D eigenvalue weighted by Gasteiger charge is 2.63. The van der Waals surface area contributed by atoms with Crippen LogP contribution in [0, 0.1) is 5.92 Å².